The summed E-state index contributed by atoms with van der Waals surface area (Å²) in [6.07, 6.45) is 0. The maximum absolute atomic E-state index is 5.84. The molecule has 0 aromatic heterocycles. The van der Waals surface area contributed by atoms with Crippen molar-refractivity contribution in [2.45, 2.75) is 13.1 Å². The molecule has 0 radical (unpaired) electrons. The minimum absolute atomic E-state index is 0.967. The average Bonchev–Trinajstić information content (AvgIpc) is 2.06. The van der Waals surface area contributed by atoms with Crippen molar-refractivity contribution in [2.75, 3.05) is 4.95 Å². The molecule has 1 aromatic carbocycles. The molecule has 0 bridgehead atoms. The normalized spacial score (nSPS) is 11.2. The van der Waals surface area contributed by atoms with Gasteiger partial charge in [-0.2, -0.15) is 0 Å². The Bertz CT molecular complexity index is 236. The smallest absolute Gasteiger partial charge is 0.255 e. The molecule has 0 amide bonds. The summed E-state index contributed by atoms with van der Waals surface area (Å²) in [6.45, 7) is 4.38. The average molecular weight is 245 g/mol. The van der Waals surface area contributed by atoms with Crippen LogP contribution in [0.5, 0.6) is 5.75 Å². The Kier molecular flexibility index (Phi) is 3.35. The van der Waals surface area contributed by atoms with E-state index in [-0.39, 0.29) is 0 Å². The Labute approximate surface area is 83.0 Å². The molecule has 3 heteroatoms. The molecule has 0 unspecified atom stereocenters. The van der Waals surface area contributed by atoms with Crippen LogP contribution < -0.4 is 4.43 Å². The molecule has 1 aromatic rings. The van der Waals surface area contributed by atoms with E-state index >= 15 is 0 Å². The third-order valence-electron chi connectivity index (χ3n) is 1.46. The van der Waals surface area contributed by atoms with Gasteiger partial charge >= 0.3 is 0 Å². The van der Waals surface area contributed by atoms with E-state index in [0.717, 1.165) is 10.7 Å². The van der Waals surface area contributed by atoms with Crippen molar-refractivity contribution >= 4 is 24.2 Å². The highest BCUT2D eigenvalue weighted by atomic mass is 79.9. The predicted molar refractivity (Wildman–Crippen MR) is 58.3 cm³/mol. The molecule has 0 saturated carbocycles. The first kappa shape index (κ1) is 9.80. The summed E-state index contributed by atoms with van der Waals surface area (Å²) in [6, 6.07) is 9.98. The lowest BCUT2D eigenvalue weighted by atomic mass is 10.3. The van der Waals surface area contributed by atoms with E-state index in [1.54, 1.807) is 0 Å². The molecule has 0 fully saturated rings. The van der Waals surface area contributed by atoms with Gasteiger partial charge in [0, 0.05) is 4.95 Å². The molecule has 0 spiro atoms. The zero-order valence-electron chi connectivity index (χ0n) is 7.38. The Hall–Kier alpha value is -0.283. The van der Waals surface area contributed by atoms with Gasteiger partial charge in [0.15, 0.2) is 0 Å². The first-order valence-corrected chi connectivity index (χ1v) is 8.18. The Morgan fingerprint density at radius 3 is 2.33 bits per heavy atom. The van der Waals surface area contributed by atoms with Gasteiger partial charge in [-0.3, -0.25) is 0 Å². The molecule has 0 heterocycles. The number of halogens is 1. The Balaban J connectivity index is 2.64. The summed E-state index contributed by atoms with van der Waals surface area (Å²) < 4.78 is 5.84. The van der Waals surface area contributed by atoms with Crippen molar-refractivity contribution in [2.24, 2.45) is 0 Å². The number of alkyl halides is 1. The summed E-state index contributed by atoms with van der Waals surface area (Å²) in [5.74, 6) is 0.980. The van der Waals surface area contributed by atoms with Crippen LogP contribution in [-0.4, -0.2) is 13.3 Å². The lowest BCUT2D eigenvalue weighted by molar-refractivity contribution is 0.557. The van der Waals surface area contributed by atoms with Crippen LogP contribution in [0.25, 0.3) is 0 Å². The minimum atomic E-state index is -1.50. The van der Waals surface area contributed by atoms with Gasteiger partial charge in [-0.05, 0) is 25.2 Å². The predicted octanol–water partition coefficient (Wildman–Crippen LogP) is 3.20. The van der Waals surface area contributed by atoms with E-state index in [0.29, 0.717) is 0 Å². The Morgan fingerprint density at radius 1 is 1.25 bits per heavy atom. The fraction of sp³-hybridized carbons (Fsp3) is 0.333. The molecular weight excluding hydrogens is 232 g/mol. The summed E-state index contributed by atoms with van der Waals surface area (Å²) in [5.41, 5.74) is 0. The van der Waals surface area contributed by atoms with Crippen molar-refractivity contribution in [3.63, 3.8) is 0 Å². The van der Waals surface area contributed by atoms with Crippen molar-refractivity contribution in [1.29, 1.82) is 0 Å². The van der Waals surface area contributed by atoms with Crippen LogP contribution in [0.1, 0.15) is 0 Å². The quantitative estimate of drug-likeness (QED) is 0.587. The fourth-order valence-corrected chi connectivity index (χ4v) is 2.01. The van der Waals surface area contributed by atoms with Gasteiger partial charge in [0.25, 0.3) is 8.32 Å². The van der Waals surface area contributed by atoms with Gasteiger partial charge in [-0.15, -0.1) is 0 Å². The first-order chi connectivity index (χ1) is 5.64. The topological polar surface area (TPSA) is 9.23 Å². The molecule has 0 atom stereocenters. The number of benzene rings is 1. The molecule has 12 heavy (non-hydrogen) atoms. The van der Waals surface area contributed by atoms with E-state index in [1.807, 2.05) is 30.3 Å². The molecule has 0 aliphatic heterocycles. The third kappa shape index (κ3) is 2.99. The first-order valence-electron chi connectivity index (χ1n) is 3.94. The van der Waals surface area contributed by atoms with Gasteiger partial charge in [-0.25, -0.2) is 0 Å². The molecule has 0 N–H and O–H groups in total. The molecule has 0 saturated heterocycles. The minimum Gasteiger partial charge on any atom is -0.543 e. The molecule has 0 aliphatic rings. The highest BCUT2D eigenvalue weighted by Gasteiger charge is 2.22. The van der Waals surface area contributed by atoms with Crippen LogP contribution in [-0.2, 0) is 0 Å². The largest absolute Gasteiger partial charge is 0.543 e. The van der Waals surface area contributed by atoms with Gasteiger partial charge in [0.1, 0.15) is 5.75 Å². The van der Waals surface area contributed by atoms with E-state index in [9.17, 15) is 0 Å². The standard InChI is InChI=1S/C9H13BrOSi/c1-12(2,8-10)11-9-6-4-3-5-7-9/h3-7H,8H2,1-2H3. The second-order valence-corrected chi connectivity index (χ2v) is 8.98. The van der Waals surface area contributed by atoms with E-state index in [1.165, 1.54) is 0 Å². The van der Waals surface area contributed by atoms with Gasteiger partial charge in [-0.1, -0.05) is 34.1 Å². The maximum atomic E-state index is 5.84. The highest BCUT2D eigenvalue weighted by Crippen LogP contribution is 2.16. The van der Waals surface area contributed by atoms with Gasteiger partial charge in [0.2, 0.25) is 0 Å². The fourth-order valence-electron chi connectivity index (χ4n) is 0.835. The van der Waals surface area contributed by atoms with E-state index in [4.69, 9.17) is 4.43 Å². The molecule has 0 aliphatic carbocycles. The number of para-hydroxylation sites is 1. The maximum Gasteiger partial charge on any atom is 0.255 e. The second-order valence-electron chi connectivity index (χ2n) is 3.31. The van der Waals surface area contributed by atoms with Crippen LogP contribution in [0.2, 0.25) is 13.1 Å². The Morgan fingerprint density at radius 2 is 1.83 bits per heavy atom. The second kappa shape index (κ2) is 4.10. The van der Waals surface area contributed by atoms with Crippen molar-refractivity contribution in [3.8, 4) is 5.75 Å². The number of hydrogen-bond donors (Lipinski definition) is 0. The summed E-state index contributed by atoms with van der Waals surface area (Å²) in [5, 5.41) is 0. The molecule has 66 valence electrons. The molecule has 1 nitrogen and oxygen atoms in total. The van der Waals surface area contributed by atoms with E-state index < -0.39 is 8.32 Å². The number of hydrogen-bond acceptors (Lipinski definition) is 1. The zero-order valence-corrected chi connectivity index (χ0v) is 9.97. The van der Waals surface area contributed by atoms with Crippen molar-refractivity contribution in [3.05, 3.63) is 30.3 Å². The monoisotopic (exact) mass is 244 g/mol. The highest BCUT2D eigenvalue weighted by molar-refractivity contribution is 9.09. The molecular formula is C9H13BrOSi. The SMILES string of the molecule is C[Si](C)(CBr)Oc1ccccc1. The lowest BCUT2D eigenvalue weighted by Crippen LogP contribution is -2.36. The third-order valence-corrected chi connectivity index (χ3v) is 6.94. The summed E-state index contributed by atoms with van der Waals surface area (Å²) in [4.78, 5) is 0.967. The van der Waals surface area contributed by atoms with Crippen LogP contribution >= 0.6 is 15.9 Å². The van der Waals surface area contributed by atoms with Crippen LogP contribution in [0.4, 0.5) is 0 Å². The number of rotatable bonds is 3. The molecule has 1 rings (SSSR count). The summed E-state index contributed by atoms with van der Waals surface area (Å²) >= 11 is 3.47. The van der Waals surface area contributed by atoms with Gasteiger partial charge in [0.05, 0.1) is 0 Å². The van der Waals surface area contributed by atoms with Gasteiger partial charge < -0.3 is 4.43 Å². The lowest BCUT2D eigenvalue weighted by Gasteiger charge is -2.21. The summed E-state index contributed by atoms with van der Waals surface area (Å²) in [7, 11) is -1.50. The van der Waals surface area contributed by atoms with Crippen LogP contribution in [0, 0.1) is 0 Å². The zero-order chi connectivity index (χ0) is 9.03. The van der Waals surface area contributed by atoms with Crippen LogP contribution in [0.3, 0.4) is 0 Å². The van der Waals surface area contributed by atoms with E-state index in [2.05, 4.69) is 29.0 Å². The van der Waals surface area contributed by atoms with Crippen molar-refractivity contribution in [1.82, 2.24) is 0 Å². The van der Waals surface area contributed by atoms with Crippen LogP contribution in [0.15, 0.2) is 30.3 Å². The van der Waals surface area contributed by atoms with Crippen molar-refractivity contribution < 1.29 is 4.43 Å².